The number of hydrogen-bond acceptors (Lipinski definition) is 5. The number of carbonyl (C=O) groups excluding carboxylic acids is 1. The molecule has 0 fully saturated rings. The first-order valence-corrected chi connectivity index (χ1v) is 6.93. The molecule has 0 saturated heterocycles. The van der Waals surface area contributed by atoms with Gasteiger partial charge in [0.1, 0.15) is 11.3 Å². The van der Waals surface area contributed by atoms with Crippen molar-refractivity contribution in [3.8, 4) is 5.75 Å². The Kier molecular flexibility index (Phi) is 4.44. The lowest BCUT2D eigenvalue weighted by atomic mass is 10.1. The van der Waals surface area contributed by atoms with Crippen LogP contribution in [0.5, 0.6) is 5.75 Å². The smallest absolute Gasteiger partial charge is 0.341 e. The summed E-state index contributed by atoms with van der Waals surface area (Å²) < 4.78 is 11.3. The summed E-state index contributed by atoms with van der Waals surface area (Å²) in [5, 5.41) is 3.78. The number of ether oxygens (including phenoxy) is 2. The topological polar surface area (TPSA) is 60.5 Å². The van der Waals surface area contributed by atoms with Gasteiger partial charge in [0, 0.05) is 17.7 Å². The SMILES string of the molecule is CCOC(=O)c1cnc2c(Br)ccc(OC)c2c1NC. The van der Waals surface area contributed by atoms with Gasteiger partial charge in [-0.2, -0.15) is 0 Å². The highest BCUT2D eigenvalue weighted by atomic mass is 79.9. The van der Waals surface area contributed by atoms with Crippen molar-refractivity contribution < 1.29 is 14.3 Å². The Hall–Kier alpha value is -1.82. The zero-order valence-corrected chi connectivity index (χ0v) is 13.1. The molecule has 0 atom stereocenters. The highest BCUT2D eigenvalue weighted by molar-refractivity contribution is 9.10. The van der Waals surface area contributed by atoms with Crippen molar-refractivity contribution in [3.05, 3.63) is 28.4 Å². The third kappa shape index (κ3) is 2.43. The number of benzene rings is 1. The Bertz CT molecular complexity index is 658. The predicted octanol–water partition coefficient (Wildman–Crippen LogP) is 3.22. The van der Waals surface area contributed by atoms with E-state index in [1.165, 1.54) is 6.20 Å². The molecule has 0 saturated carbocycles. The van der Waals surface area contributed by atoms with Crippen molar-refractivity contribution in [2.24, 2.45) is 0 Å². The normalized spacial score (nSPS) is 10.4. The van der Waals surface area contributed by atoms with Crippen LogP contribution in [0.1, 0.15) is 17.3 Å². The van der Waals surface area contributed by atoms with Crippen molar-refractivity contribution in [1.29, 1.82) is 0 Å². The van der Waals surface area contributed by atoms with E-state index in [1.807, 2.05) is 12.1 Å². The molecule has 1 aromatic heterocycles. The first-order chi connectivity index (χ1) is 9.63. The number of fused-ring (bicyclic) bond motifs is 1. The molecular formula is C14H15BrN2O3. The number of halogens is 1. The molecule has 1 N–H and O–H groups in total. The molecule has 1 aromatic carbocycles. The summed E-state index contributed by atoms with van der Waals surface area (Å²) in [4.78, 5) is 16.3. The van der Waals surface area contributed by atoms with Gasteiger partial charge in [0.15, 0.2) is 0 Å². The number of nitrogens with one attached hydrogen (secondary N) is 1. The van der Waals surface area contributed by atoms with Gasteiger partial charge in [-0.15, -0.1) is 0 Å². The first-order valence-electron chi connectivity index (χ1n) is 6.14. The minimum atomic E-state index is -0.409. The second-order valence-electron chi connectivity index (χ2n) is 3.99. The summed E-state index contributed by atoms with van der Waals surface area (Å²) in [6.45, 7) is 2.08. The Morgan fingerprint density at radius 1 is 1.45 bits per heavy atom. The molecule has 0 aliphatic rings. The summed E-state index contributed by atoms with van der Waals surface area (Å²) in [5.41, 5.74) is 1.76. The molecule has 6 heteroatoms. The van der Waals surface area contributed by atoms with Crippen LogP contribution < -0.4 is 10.1 Å². The number of aromatic nitrogens is 1. The fraction of sp³-hybridized carbons (Fsp3) is 0.286. The zero-order valence-electron chi connectivity index (χ0n) is 11.5. The Labute approximate surface area is 125 Å². The van der Waals surface area contributed by atoms with Gasteiger partial charge in [-0.25, -0.2) is 4.79 Å². The molecule has 5 nitrogen and oxygen atoms in total. The minimum absolute atomic E-state index is 0.315. The fourth-order valence-electron chi connectivity index (χ4n) is 2.04. The molecule has 106 valence electrons. The molecule has 0 aliphatic carbocycles. The van der Waals surface area contributed by atoms with Crippen LogP contribution in [0.25, 0.3) is 10.9 Å². The zero-order chi connectivity index (χ0) is 14.7. The van der Waals surface area contributed by atoms with Crippen LogP contribution in [-0.2, 0) is 4.74 Å². The molecule has 1 heterocycles. The van der Waals surface area contributed by atoms with Crippen LogP contribution in [0.15, 0.2) is 22.8 Å². The number of carbonyl (C=O) groups is 1. The highest BCUT2D eigenvalue weighted by Gasteiger charge is 2.19. The van der Waals surface area contributed by atoms with E-state index in [2.05, 4.69) is 26.2 Å². The number of pyridine rings is 1. The quantitative estimate of drug-likeness (QED) is 0.867. The highest BCUT2D eigenvalue weighted by Crippen LogP contribution is 2.37. The van der Waals surface area contributed by atoms with E-state index >= 15 is 0 Å². The minimum Gasteiger partial charge on any atom is -0.496 e. The van der Waals surface area contributed by atoms with Gasteiger partial charge in [0.25, 0.3) is 0 Å². The Morgan fingerprint density at radius 2 is 2.20 bits per heavy atom. The molecule has 2 rings (SSSR count). The predicted molar refractivity (Wildman–Crippen MR) is 81.5 cm³/mol. The van der Waals surface area contributed by atoms with Gasteiger partial charge >= 0.3 is 5.97 Å². The molecule has 0 amide bonds. The van der Waals surface area contributed by atoms with Crippen LogP contribution in [0.4, 0.5) is 5.69 Å². The van der Waals surface area contributed by atoms with Gasteiger partial charge in [0.05, 0.1) is 30.3 Å². The van der Waals surface area contributed by atoms with Crippen LogP contribution in [0, 0.1) is 0 Å². The summed E-state index contributed by atoms with van der Waals surface area (Å²) in [5.74, 6) is 0.236. The van der Waals surface area contributed by atoms with Gasteiger partial charge in [-0.05, 0) is 35.0 Å². The van der Waals surface area contributed by atoms with Crippen LogP contribution in [0.3, 0.4) is 0 Å². The lowest BCUT2D eigenvalue weighted by Gasteiger charge is -2.14. The number of anilines is 1. The van der Waals surface area contributed by atoms with Crippen LogP contribution in [-0.4, -0.2) is 31.7 Å². The first kappa shape index (κ1) is 14.6. The molecule has 0 radical (unpaired) electrons. The molecule has 0 unspecified atom stereocenters. The van der Waals surface area contributed by atoms with E-state index in [4.69, 9.17) is 9.47 Å². The van der Waals surface area contributed by atoms with Gasteiger partial charge in [0.2, 0.25) is 0 Å². The number of esters is 1. The van der Waals surface area contributed by atoms with E-state index in [0.29, 0.717) is 23.6 Å². The standard InChI is InChI=1S/C14H15BrN2O3/c1-4-20-14(18)8-7-17-13-9(15)5-6-10(19-3)11(13)12(8)16-2/h5-7H,4H2,1-3H3,(H,16,17). The maximum Gasteiger partial charge on any atom is 0.341 e. The monoisotopic (exact) mass is 338 g/mol. The molecular weight excluding hydrogens is 324 g/mol. The number of hydrogen-bond donors (Lipinski definition) is 1. The van der Waals surface area contributed by atoms with E-state index < -0.39 is 5.97 Å². The van der Waals surface area contributed by atoms with Crippen molar-refractivity contribution in [2.75, 3.05) is 26.1 Å². The van der Waals surface area contributed by atoms with Crippen LogP contribution >= 0.6 is 15.9 Å². The number of rotatable bonds is 4. The second-order valence-corrected chi connectivity index (χ2v) is 4.84. The maximum absolute atomic E-state index is 12.0. The van der Waals surface area contributed by atoms with Crippen molar-refractivity contribution in [3.63, 3.8) is 0 Å². The fourth-order valence-corrected chi connectivity index (χ4v) is 2.47. The average molecular weight is 339 g/mol. The molecule has 0 bridgehead atoms. The molecule has 0 spiro atoms. The lowest BCUT2D eigenvalue weighted by molar-refractivity contribution is 0.0527. The second kappa shape index (κ2) is 6.09. The molecule has 0 aliphatic heterocycles. The third-order valence-corrected chi connectivity index (χ3v) is 3.54. The average Bonchev–Trinajstić information content (AvgIpc) is 2.46. The summed E-state index contributed by atoms with van der Waals surface area (Å²) in [6.07, 6.45) is 1.51. The van der Waals surface area contributed by atoms with Crippen LogP contribution in [0.2, 0.25) is 0 Å². The van der Waals surface area contributed by atoms with Gasteiger partial charge < -0.3 is 14.8 Å². The van der Waals surface area contributed by atoms with Gasteiger partial charge in [-0.1, -0.05) is 0 Å². The largest absolute Gasteiger partial charge is 0.496 e. The summed E-state index contributed by atoms with van der Waals surface area (Å²) >= 11 is 3.45. The van der Waals surface area contributed by atoms with E-state index in [1.54, 1.807) is 21.1 Å². The number of nitrogens with zero attached hydrogens (tertiary/aromatic N) is 1. The van der Waals surface area contributed by atoms with Gasteiger partial charge in [-0.3, -0.25) is 4.98 Å². The Morgan fingerprint density at radius 3 is 2.80 bits per heavy atom. The van der Waals surface area contributed by atoms with Crippen molar-refractivity contribution in [2.45, 2.75) is 6.92 Å². The summed E-state index contributed by atoms with van der Waals surface area (Å²) in [7, 11) is 3.33. The van der Waals surface area contributed by atoms with Crippen molar-refractivity contribution >= 4 is 38.5 Å². The van der Waals surface area contributed by atoms with Crippen molar-refractivity contribution in [1.82, 2.24) is 4.98 Å². The maximum atomic E-state index is 12.0. The molecule has 20 heavy (non-hydrogen) atoms. The van der Waals surface area contributed by atoms with E-state index in [-0.39, 0.29) is 0 Å². The third-order valence-electron chi connectivity index (χ3n) is 2.90. The van der Waals surface area contributed by atoms with E-state index in [0.717, 1.165) is 15.4 Å². The Balaban J connectivity index is 2.78. The molecule has 2 aromatic rings. The lowest BCUT2D eigenvalue weighted by Crippen LogP contribution is -2.09. The number of methoxy groups -OCH3 is 1. The summed E-state index contributed by atoms with van der Waals surface area (Å²) in [6, 6.07) is 3.68. The van der Waals surface area contributed by atoms with E-state index in [9.17, 15) is 4.79 Å².